The number of nitrogens with one attached hydrogen (secondary N) is 1. The number of anilines is 1. The second kappa shape index (κ2) is 9.97. The highest BCUT2D eigenvalue weighted by Gasteiger charge is 2.24. The first-order valence-corrected chi connectivity index (χ1v) is 8.43. The number of likely N-dealkylation sites (N-methyl/N-ethyl adjacent to an activating group) is 1. The number of amides is 1. The largest absolute Gasteiger partial charge is 0.480 e. The number of aryl methyl sites for hydroxylation is 1. The number of hydrogen-bond acceptors (Lipinski definition) is 4. The molecule has 6 nitrogen and oxygen atoms in total. The van der Waals surface area contributed by atoms with Crippen molar-refractivity contribution >= 4 is 41.6 Å². The summed E-state index contributed by atoms with van der Waals surface area (Å²) in [6, 6.07) is 5.68. The van der Waals surface area contributed by atoms with Crippen molar-refractivity contribution in [1.29, 1.82) is 0 Å². The number of aliphatic carboxylic acids is 1. The zero-order valence-electron chi connectivity index (χ0n) is 14.5. The third-order valence-electron chi connectivity index (χ3n) is 4.41. The number of likely N-dealkylation sites (tertiary alicyclic amines) is 1. The number of carbonyl (C=O) groups excluding carboxylic acids is 1. The molecule has 1 heterocycles. The molecule has 0 saturated carbocycles. The summed E-state index contributed by atoms with van der Waals surface area (Å²) in [5, 5.41) is 12.4. The van der Waals surface area contributed by atoms with E-state index in [1.165, 1.54) is 0 Å². The van der Waals surface area contributed by atoms with Gasteiger partial charge >= 0.3 is 5.97 Å². The molecule has 1 fully saturated rings. The number of hydrogen-bond donors (Lipinski definition) is 2. The summed E-state index contributed by atoms with van der Waals surface area (Å²) in [5.74, 6) is -0.867. The zero-order valence-corrected chi connectivity index (χ0v) is 16.1. The van der Waals surface area contributed by atoms with Gasteiger partial charge in [0.25, 0.3) is 0 Å². The van der Waals surface area contributed by atoms with Crippen LogP contribution in [0, 0.1) is 6.92 Å². The van der Waals surface area contributed by atoms with Crippen LogP contribution in [0.4, 0.5) is 5.69 Å². The summed E-state index contributed by atoms with van der Waals surface area (Å²) in [6.45, 7) is 3.89. The molecule has 0 unspecified atom stereocenters. The first-order valence-electron chi connectivity index (χ1n) is 8.05. The van der Waals surface area contributed by atoms with Gasteiger partial charge in [0, 0.05) is 29.8 Å². The van der Waals surface area contributed by atoms with Crippen molar-refractivity contribution in [2.45, 2.75) is 25.8 Å². The van der Waals surface area contributed by atoms with E-state index < -0.39 is 5.97 Å². The van der Waals surface area contributed by atoms with Gasteiger partial charge in [-0.1, -0.05) is 17.7 Å². The molecule has 25 heavy (non-hydrogen) atoms. The summed E-state index contributed by atoms with van der Waals surface area (Å²) in [4.78, 5) is 27.0. The normalized spacial score (nSPS) is 15.7. The minimum Gasteiger partial charge on any atom is -0.480 e. The fourth-order valence-electron chi connectivity index (χ4n) is 2.98. The smallest absolute Gasteiger partial charge is 0.317 e. The van der Waals surface area contributed by atoms with E-state index in [1.54, 1.807) is 12.1 Å². The Morgan fingerprint density at radius 1 is 1.36 bits per heavy atom. The second-order valence-corrected chi connectivity index (χ2v) is 6.76. The molecule has 140 valence electrons. The summed E-state index contributed by atoms with van der Waals surface area (Å²) >= 11 is 5.97. The van der Waals surface area contributed by atoms with Crippen LogP contribution in [-0.2, 0) is 9.59 Å². The van der Waals surface area contributed by atoms with Gasteiger partial charge in [0.15, 0.2) is 0 Å². The highest BCUT2D eigenvalue weighted by Crippen LogP contribution is 2.20. The Balaban J connectivity index is 0.00000312. The summed E-state index contributed by atoms with van der Waals surface area (Å²) in [7, 11) is 1.84. The van der Waals surface area contributed by atoms with Gasteiger partial charge in [0.1, 0.15) is 0 Å². The number of carboxylic acids is 1. The Labute approximate surface area is 159 Å². The molecule has 8 heteroatoms. The van der Waals surface area contributed by atoms with Crippen LogP contribution in [0.15, 0.2) is 18.2 Å². The van der Waals surface area contributed by atoms with Crippen molar-refractivity contribution < 1.29 is 14.7 Å². The average Bonchev–Trinajstić information content (AvgIpc) is 2.51. The lowest BCUT2D eigenvalue weighted by Gasteiger charge is -2.35. The Kier molecular flexibility index (Phi) is 8.65. The number of carboxylic acid groups (broad SMARTS) is 1. The quantitative estimate of drug-likeness (QED) is 0.781. The monoisotopic (exact) mass is 389 g/mol. The number of halogens is 2. The zero-order chi connectivity index (χ0) is 17.7. The van der Waals surface area contributed by atoms with Gasteiger partial charge in [-0.05, 0) is 44.5 Å². The van der Waals surface area contributed by atoms with Crippen LogP contribution in [0.5, 0.6) is 0 Å². The minimum atomic E-state index is -0.809. The third kappa shape index (κ3) is 6.82. The number of benzene rings is 1. The second-order valence-electron chi connectivity index (χ2n) is 6.32. The third-order valence-corrected chi connectivity index (χ3v) is 4.64. The molecule has 2 rings (SSSR count). The van der Waals surface area contributed by atoms with Gasteiger partial charge in [-0.3, -0.25) is 19.4 Å². The van der Waals surface area contributed by atoms with Gasteiger partial charge in [-0.2, -0.15) is 0 Å². The van der Waals surface area contributed by atoms with E-state index in [1.807, 2.05) is 24.9 Å². The molecule has 2 N–H and O–H groups in total. The molecule has 1 saturated heterocycles. The van der Waals surface area contributed by atoms with Crippen molar-refractivity contribution in [1.82, 2.24) is 9.80 Å². The maximum atomic E-state index is 12.2. The van der Waals surface area contributed by atoms with Crippen LogP contribution in [0.25, 0.3) is 0 Å². The first-order chi connectivity index (χ1) is 11.3. The van der Waals surface area contributed by atoms with Crippen molar-refractivity contribution in [3.8, 4) is 0 Å². The van der Waals surface area contributed by atoms with Gasteiger partial charge in [-0.25, -0.2) is 0 Å². The van der Waals surface area contributed by atoms with Crippen LogP contribution in [0.2, 0.25) is 5.02 Å². The fourth-order valence-corrected chi connectivity index (χ4v) is 3.15. The van der Waals surface area contributed by atoms with E-state index in [2.05, 4.69) is 10.2 Å². The van der Waals surface area contributed by atoms with Crippen LogP contribution < -0.4 is 5.32 Å². The Bertz CT molecular complexity index is 605. The van der Waals surface area contributed by atoms with Crippen LogP contribution in [-0.4, -0.2) is 66.1 Å². The molecule has 1 aliphatic rings. The van der Waals surface area contributed by atoms with E-state index in [0.717, 1.165) is 37.2 Å². The molecule has 1 amide bonds. The molecule has 1 aromatic carbocycles. The lowest BCUT2D eigenvalue weighted by Crippen LogP contribution is -2.46. The van der Waals surface area contributed by atoms with Gasteiger partial charge in [0.2, 0.25) is 5.91 Å². The molecule has 0 aliphatic carbocycles. The van der Waals surface area contributed by atoms with Crippen molar-refractivity contribution in [2.75, 3.05) is 38.5 Å². The molecule has 1 aromatic rings. The van der Waals surface area contributed by atoms with E-state index in [0.29, 0.717) is 11.6 Å². The standard InChI is InChI=1S/C17H24ClN3O3.ClH/c1-12-3-4-13(18)9-15(12)19-16(22)10-21-7-5-14(6-8-21)20(2)11-17(23)24;/h3-4,9,14H,5-8,10-11H2,1-2H3,(H,19,22)(H,23,24);1H. The maximum Gasteiger partial charge on any atom is 0.317 e. The van der Waals surface area contributed by atoms with E-state index in [4.69, 9.17) is 16.7 Å². The lowest BCUT2D eigenvalue weighted by molar-refractivity contribution is -0.138. The molecule has 1 aliphatic heterocycles. The Hall–Kier alpha value is -1.34. The molecule has 0 bridgehead atoms. The first kappa shape index (κ1) is 21.7. The van der Waals surface area contributed by atoms with Crippen LogP contribution in [0.3, 0.4) is 0 Å². The summed E-state index contributed by atoms with van der Waals surface area (Å²) < 4.78 is 0. The Morgan fingerprint density at radius 2 is 2.00 bits per heavy atom. The molecule has 0 radical (unpaired) electrons. The van der Waals surface area contributed by atoms with Gasteiger partial charge in [-0.15, -0.1) is 12.4 Å². The van der Waals surface area contributed by atoms with Gasteiger partial charge in [0.05, 0.1) is 13.1 Å². The van der Waals surface area contributed by atoms with E-state index in [-0.39, 0.29) is 30.9 Å². The summed E-state index contributed by atoms with van der Waals surface area (Å²) in [6.07, 6.45) is 1.74. The SMILES string of the molecule is Cc1ccc(Cl)cc1NC(=O)CN1CCC(N(C)CC(=O)O)CC1.Cl. The number of nitrogens with zero attached hydrogens (tertiary/aromatic N) is 2. The van der Waals surface area contributed by atoms with Crippen LogP contribution >= 0.6 is 24.0 Å². The predicted octanol–water partition coefficient (Wildman–Crippen LogP) is 2.49. The molecule has 0 spiro atoms. The minimum absolute atomic E-state index is 0. The highest BCUT2D eigenvalue weighted by molar-refractivity contribution is 6.31. The number of rotatable bonds is 6. The Morgan fingerprint density at radius 3 is 2.60 bits per heavy atom. The summed E-state index contributed by atoms with van der Waals surface area (Å²) in [5.41, 5.74) is 1.71. The topological polar surface area (TPSA) is 72.9 Å². The molecule has 0 aromatic heterocycles. The fraction of sp³-hybridized carbons (Fsp3) is 0.529. The number of carbonyl (C=O) groups is 2. The van der Waals surface area contributed by atoms with E-state index >= 15 is 0 Å². The van der Waals surface area contributed by atoms with Crippen molar-refractivity contribution in [2.24, 2.45) is 0 Å². The van der Waals surface area contributed by atoms with E-state index in [9.17, 15) is 9.59 Å². The van der Waals surface area contributed by atoms with Crippen molar-refractivity contribution in [3.63, 3.8) is 0 Å². The molecular formula is C17H25Cl2N3O3. The van der Waals surface area contributed by atoms with Gasteiger partial charge < -0.3 is 10.4 Å². The average molecular weight is 390 g/mol. The predicted molar refractivity (Wildman–Crippen MR) is 102 cm³/mol. The van der Waals surface area contributed by atoms with Crippen LogP contribution in [0.1, 0.15) is 18.4 Å². The highest BCUT2D eigenvalue weighted by atomic mass is 35.5. The number of piperidine rings is 1. The molecule has 0 atom stereocenters. The maximum absolute atomic E-state index is 12.2. The lowest BCUT2D eigenvalue weighted by atomic mass is 10.0. The van der Waals surface area contributed by atoms with Crippen molar-refractivity contribution in [3.05, 3.63) is 28.8 Å². The molecular weight excluding hydrogens is 365 g/mol.